The van der Waals surface area contributed by atoms with E-state index in [0.29, 0.717) is 6.04 Å². The van der Waals surface area contributed by atoms with E-state index in [1.54, 1.807) is 0 Å². The van der Waals surface area contributed by atoms with Crippen LogP contribution in [0.4, 0.5) is 5.69 Å². The highest BCUT2D eigenvalue weighted by Crippen LogP contribution is 2.68. The summed E-state index contributed by atoms with van der Waals surface area (Å²) in [4.78, 5) is 12.4. The van der Waals surface area contributed by atoms with Crippen molar-refractivity contribution < 1.29 is 4.79 Å². The van der Waals surface area contributed by atoms with Gasteiger partial charge in [0.05, 0.1) is 0 Å². The fraction of sp³-hybridized carbons (Fsp3) is 0.611. The number of hydrogen-bond acceptors (Lipinski definition) is 2. The molecule has 0 radical (unpaired) electrons. The molecule has 1 aromatic rings. The molecular weight excluding hydrogens is 260 g/mol. The number of carbonyl (C=O) groups is 1. The zero-order valence-corrected chi connectivity index (χ0v) is 14.1. The maximum absolute atomic E-state index is 12.4. The first-order chi connectivity index (χ1) is 9.66. The molecule has 1 fully saturated rings. The van der Waals surface area contributed by atoms with E-state index in [4.69, 9.17) is 0 Å². The maximum Gasteiger partial charge on any atom is 0.228 e. The summed E-state index contributed by atoms with van der Waals surface area (Å²) in [7, 11) is 0. The van der Waals surface area contributed by atoms with Gasteiger partial charge in [0.1, 0.15) is 0 Å². The first-order valence-electron chi connectivity index (χ1n) is 7.79. The maximum atomic E-state index is 12.4. The third kappa shape index (κ3) is 3.13. The number of rotatable bonds is 5. The summed E-state index contributed by atoms with van der Waals surface area (Å²) in [5.74, 6) is 0.227. The van der Waals surface area contributed by atoms with Gasteiger partial charge in [-0.15, -0.1) is 0 Å². The highest BCUT2D eigenvalue weighted by Gasteiger charge is 2.68. The minimum Gasteiger partial charge on any atom is -0.326 e. The van der Waals surface area contributed by atoms with Crippen molar-refractivity contribution in [1.82, 2.24) is 5.32 Å². The molecule has 1 aliphatic rings. The van der Waals surface area contributed by atoms with Gasteiger partial charge in [0.15, 0.2) is 0 Å². The molecule has 0 heterocycles. The molecule has 1 amide bonds. The molecule has 0 spiro atoms. The zero-order valence-electron chi connectivity index (χ0n) is 14.1. The number of nitrogens with one attached hydrogen (secondary N) is 2. The number of carbonyl (C=O) groups excluding carboxylic acids is 1. The van der Waals surface area contributed by atoms with E-state index in [1.165, 1.54) is 5.56 Å². The molecule has 0 atom stereocenters. The quantitative estimate of drug-likeness (QED) is 0.865. The van der Waals surface area contributed by atoms with Gasteiger partial charge in [-0.3, -0.25) is 4.79 Å². The topological polar surface area (TPSA) is 41.1 Å². The van der Waals surface area contributed by atoms with E-state index in [-0.39, 0.29) is 22.7 Å². The third-order valence-electron chi connectivity index (χ3n) is 5.22. The Hall–Kier alpha value is -1.35. The molecule has 21 heavy (non-hydrogen) atoms. The van der Waals surface area contributed by atoms with Gasteiger partial charge >= 0.3 is 0 Å². The summed E-state index contributed by atoms with van der Waals surface area (Å²) in [6, 6.07) is 8.57. The molecule has 0 aromatic heterocycles. The van der Waals surface area contributed by atoms with Gasteiger partial charge in [-0.2, -0.15) is 0 Å². The number of benzene rings is 1. The first kappa shape index (κ1) is 16.0. The van der Waals surface area contributed by atoms with E-state index < -0.39 is 0 Å². The molecule has 0 aliphatic heterocycles. The van der Waals surface area contributed by atoms with Gasteiger partial charge in [0, 0.05) is 24.2 Å². The second-order valence-electron chi connectivity index (χ2n) is 7.60. The van der Waals surface area contributed by atoms with E-state index in [2.05, 4.69) is 64.3 Å². The predicted molar refractivity (Wildman–Crippen MR) is 88.1 cm³/mol. The van der Waals surface area contributed by atoms with Crippen LogP contribution < -0.4 is 10.6 Å². The largest absolute Gasteiger partial charge is 0.326 e. The Morgan fingerprint density at radius 3 is 2.05 bits per heavy atom. The lowest BCUT2D eigenvalue weighted by Gasteiger charge is -2.10. The average molecular weight is 288 g/mol. The lowest BCUT2D eigenvalue weighted by atomic mass is 10.0. The van der Waals surface area contributed by atoms with Crippen LogP contribution in [0.5, 0.6) is 0 Å². The van der Waals surface area contributed by atoms with E-state index in [1.807, 2.05) is 12.1 Å². The second kappa shape index (κ2) is 5.45. The van der Waals surface area contributed by atoms with Crippen LogP contribution in [-0.4, -0.2) is 11.9 Å². The van der Waals surface area contributed by atoms with Crippen molar-refractivity contribution in [2.24, 2.45) is 16.7 Å². The predicted octanol–water partition coefficient (Wildman–Crippen LogP) is 3.81. The normalized spacial score (nSPS) is 19.6. The Balaban J connectivity index is 1.94. The van der Waals surface area contributed by atoms with E-state index >= 15 is 0 Å². The summed E-state index contributed by atoms with van der Waals surface area (Å²) in [5.41, 5.74) is 2.27. The van der Waals surface area contributed by atoms with Gasteiger partial charge in [0.25, 0.3) is 0 Å². The molecule has 0 unspecified atom stereocenters. The van der Waals surface area contributed by atoms with Crippen LogP contribution in [0, 0.1) is 16.7 Å². The Morgan fingerprint density at radius 1 is 1.10 bits per heavy atom. The fourth-order valence-electron chi connectivity index (χ4n) is 3.09. The van der Waals surface area contributed by atoms with Gasteiger partial charge in [0.2, 0.25) is 5.91 Å². The van der Waals surface area contributed by atoms with Crippen molar-refractivity contribution in [3.8, 4) is 0 Å². The van der Waals surface area contributed by atoms with Gasteiger partial charge < -0.3 is 10.6 Å². The van der Waals surface area contributed by atoms with Crippen LogP contribution in [0.25, 0.3) is 0 Å². The molecule has 1 aliphatic carbocycles. The van der Waals surface area contributed by atoms with Crippen LogP contribution >= 0.6 is 0 Å². The second-order valence-corrected chi connectivity index (χ2v) is 7.60. The van der Waals surface area contributed by atoms with Gasteiger partial charge in [-0.05, 0) is 28.5 Å². The van der Waals surface area contributed by atoms with Crippen LogP contribution in [0.15, 0.2) is 24.3 Å². The number of hydrogen-bond donors (Lipinski definition) is 2. The smallest absolute Gasteiger partial charge is 0.228 e. The Morgan fingerprint density at radius 2 is 1.62 bits per heavy atom. The van der Waals surface area contributed by atoms with Crippen molar-refractivity contribution in [2.75, 3.05) is 5.32 Å². The molecular formula is C18H28N2O. The molecule has 116 valence electrons. The molecule has 3 nitrogen and oxygen atoms in total. The molecule has 1 aromatic carbocycles. The Bertz CT molecular complexity index is 501. The van der Waals surface area contributed by atoms with Crippen LogP contribution in [0.2, 0.25) is 0 Å². The van der Waals surface area contributed by atoms with Crippen molar-refractivity contribution in [3.05, 3.63) is 29.8 Å². The molecule has 1 saturated carbocycles. The van der Waals surface area contributed by atoms with Crippen LogP contribution in [-0.2, 0) is 11.3 Å². The van der Waals surface area contributed by atoms with Gasteiger partial charge in [-0.25, -0.2) is 0 Å². The van der Waals surface area contributed by atoms with Gasteiger partial charge in [-0.1, -0.05) is 53.7 Å². The summed E-state index contributed by atoms with van der Waals surface area (Å²) in [5, 5.41) is 6.43. The summed E-state index contributed by atoms with van der Waals surface area (Å²) < 4.78 is 0. The monoisotopic (exact) mass is 288 g/mol. The van der Waals surface area contributed by atoms with E-state index in [0.717, 1.165) is 12.2 Å². The fourth-order valence-corrected chi connectivity index (χ4v) is 3.09. The molecule has 0 bridgehead atoms. The minimum atomic E-state index is 0.0816. The zero-order chi connectivity index (χ0) is 15.8. The first-order valence-corrected chi connectivity index (χ1v) is 7.79. The van der Waals surface area contributed by atoms with Crippen molar-refractivity contribution in [2.45, 2.75) is 54.1 Å². The third-order valence-corrected chi connectivity index (χ3v) is 5.22. The van der Waals surface area contributed by atoms with Crippen molar-refractivity contribution >= 4 is 11.6 Å². The average Bonchev–Trinajstić information content (AvgIpc) is 2.78. The molecule has 3 heteroatoms. The van der Waals surface area contributed by atoms with E-state index in [9.17, 15) is 4.79 Å². The molecule has 0 saturated heterocycles. The Kier molecular flexibility index (Phi) is 4.16. The minimum absolute atomic E-state index is 0.0816. The standard InChI is InChI=1S/C18H28N2O/c1-12(2)19-11-13-7-9-14(10-8-13)20-16(21)15-17(3,4)18(15,5)6/h7-10,12,15,19H,11H2,1-6H3,(H,20,21). The highest BCUT2D eigenvalue weighted by molar-refractivity contribution is 5.96. The lowest BCUT2D eigenvalue weighted by Crippen LogP contribution is -2.21. The lowest BCUT2D eigenvalue weighted by molar-refractivity contribution is -0.118. The number of anilines is 1. The molecule has 2 rings (SSSR count). The van der Waals surface area contributed by atoms with Crippen molar-refractivity contribution in [3.63, 3.8) is 0 Å². The SMILES string of the molecule is CC(C)NCc1ccc(NC(=O)C2C(C)(C)C2(C)C)cc1. The summed E-state index contributed by atoms with van der Waals surface area (Å²) in [6.07, 6.45) is 0. The summed E-state index contributed by atoms with van der Waals surface area (Å²) >= 11 is 0. The van der Waals surface area contributed by atoms with Crippen molar-refractivity contribution in [1.29, 1.82) is 0 Å². The van der Waals surface area contributed by atoms with Crippen LogP contribution in [0.3, 0.4) is 0 Å². The van der Waals surface area contributed by atoms with Crippen LogP contribution in [0.1, 0.15) is 47.1 Å². The molecule has 2 N–H and O–H groups in total. The Labute approximate surface area is 128 Å². The highest BCUT2D eigenvalue weighted by atomic mass is 16.2. The summed E-state index contributed by atoms with van der Waals surface area (Å²) in [6.45, 7) is 13.8. The number of amides is 1.